The van der Waals surface area contributed by atoms with Gasteiger partial charge in [0.15, 0.2) is 0 Å². The number of hydrogen-bond acceptors (Lipinski definition) is 2. The van der Waals surface area contributed by atoms with Gasteiger partial charge in [-0.1, -0.05) is 58.2 Å². The SMILES string of the molecule is CC(C)(C)Sc1ccccc1[C@H](N)C1CCCCC1.Cl. The second kappa shape index (κ2) is 7.72. The van der Waals surface area contributed by atoms with Crippen molar-refractivity contribution in [1.29, 1.82) is 0 Å². The van der Waals surface area contributed by atoms with E-state index in [0.29, 0.717) is 5.92 Å². The molecular formula is C17H28ClNS. The minimum absolute atomic E-state index is 0. The number of benzene rings is 1. The van der Waals surface area contributed by atoms with E-state index in [0.717, 1.165) is 0 Å². The van der Waals surface area contributed by atoms with E-state index >= 15 is 0 Å². The Morgan fingerprint density at radius 3 is 2.30 bits per heavy atom. The first-order chi connectivity index (χ1) is 8.97. The molecule has 0 heterocycles. The summed E-state index contributed by atoms with van der Waals surface area (Å²) in [5.74, 6) is 0.676. The van der Waals surface area contributed by atoms with Gasteiger partial charge in [0.25, 0.3) is 0 Å². The van der Waals surface area contributed by atoms with Gasteiger partial charge in [0.2, 0.25) is 0 Å². The van der Waals surface area contributed by atoms with Gasteiger partial charge < -0.3 is 5.73 Å². The van der Waals surface area contributed by atoms with Gasteiger partial charge in [-0.05, 0) is 30.4 Å². The maximum atomic E-state index is 6.58. The predicted molar refractivity (Wildman–Crippen MR) is 92.8 cm³/mol. The topological polar surface area (TPSA) is 26.0 Å². The minimum Gasteiger partial charge on any atom is -0.324 e. The van der Waals surface area contributed by atoms with Crippen molar-refractivity contribution in [3.05, 3.63) is 29.8 Å². The third kappa shape index (κ3) is 4.98. The molecule has 0 spiro atoms. The Kier molecular flexibility index (Phi) is 6.90. The first-order valence-corrected chi connectivity index (χ1v) is 8.32. The van der Waals surface area contributed by atoms with Crippen LogP contribution in [-0.2, 0) is 0 Å². The standard InChI is InChI=1S/C17H27NS.ClH/c1-17(2,3)19-15-12-8-7-11-14(15)16(18)13-9-5-4-6-10-13;/h7-8,11-13,16H,4-6,9-10,18H2,1-3H3;1H/t16-;/m1./s1. The van der Waals surface area contributed by atoms with Crippen molar-refractivity contribution in [2.24, 2.45) is 11.7 Å². The van der Waals surface area contributed by atoms with E-state index < -0.39 is 0 Å². The summed E-state index contributed by atoms with van der Waals surface area (Å²) in [4.78, 5) is 1.37. The zero-order valence-electron chi connectivity index (χ0n) is 12.9. The molecule has 0 bridgehead atoms. The Bertz CT molecular complexity index is 408. The van der Waals surface area contributed by atoms with E-state index in [1.54, 1.807) is 0 Å². The quantitative estimate of drug-likeness (QED) is 0.737. The van der Waals surface area contributed by atoms with Gasteiger partial charge in [0.05, 0.1) is 0 Å². The lowest BCUT2D eigenvalue weighted by Crippen LogP contribution is -2.24. The molecule has 0 unspecified atom stereocenters. The third-order valence-corrected chi connectivity index (χ3v) is 5.06. The summed E-state index contributed by atoms with van der Waals surface area (Å²) in [5, 5.41) is 0. The van der Waals surface area contributed by atoms with Gasteiger partial charge in [-0.2, -0.15) is 0 Å². The van der Waals surface area contributed by atoms with Gasteiger partial charge in [-0.15, -0.1) is 24.2 Å². The highest BCUT2D eigenvalue weighted by Crippen LogP contribution is 2.40. The lowest BCUT2D eigenvalue weighted by Gasteiger charge is -2.30. The Labute approximate surface area is 134 Å². The molecule has 1 aromatic rings. The molecular weight excluding hydrogens is 286 g/mol. The lowest BCUT2D eigenvalue weighted by atomic mass is 9.81. The fourth-order valence-electron chi connectivity index (χ4n) is 2.93. The summed E-state index contributed by atoms with van der Waals surface area (Å²) in [6, 6.07) is 8.93. The molecule has 1 aliphatic carbocycles. The van der Waals surface area contributed by atoms with Crippen molar-refractivity contribution in [1.82, 2.24) is 0 Å². The van der Waals surface area contributed by atoms with Crippen molar-refractivity contribution < 1.29 is 0 Å². The molecule has 1 atom stereocenters. The molecule has 0 radical (unpaired) electrons. The summed E-state index contributed by atoms with van der Waals surface area (Å²) in [7, 11) is 0. The average molecular weight is 314 g/mol. The summed E-state index contributed by atoms with van der Waals surface area (Å²) >= 11 is 1.94. The Morgan fingerprint density at radius 1 is 1.10 bits per heavy atom. The van der Waals surface area contributed by atoms with Gasteiger partial charge in [-0.25, -0.2) is 0 Å². The van der Waals surface area contributed by atoms with Crippen LogP contribution in [0.5, 0.6) is 0 Å². The van der Waals surface area contributed by atoms with Crippen LogP contribution in [0.2, 0.25) is 0 Å². The van der Waals surface area contributed by atoms with Crippen LogP contribution in [0.3, 0.4) is 0 Å². The van der Waals surface area contributed by atoms with Crippen molar-refractivity contribution in [3.8, 4) is 0 Å². The number of nitrogens with two attached hydrogens (primary N) is 1. The Balaban J connectivity index is 0.00000200. The highest BCUT2D eigenvalue weighted by molar-refractivity contribution is 8.00. The summed E-state index contributed by atoms with van der Waals surface area (Å²) in [6.45, 7) is 6.79. The zero-order chi connectivity index (χ0) is 13.9. The first-order valence-electron chi connectivity index (χ1n) is 7.51. The van der Waals surface area contributed by atoms with Crippen LogP contribution in [-0.4, -0.2) is 4.75 Å². The first kappa shape index (κ1) is 17.9. The number of thioether (sulfide) groups is 1. The second-order valence-corrected chi connectivity index (χ2v) is 8.54. The highest BCUT2D eigenvalue weighted by atomic mass is 35.5. The van der Waals surface area contributed by atoms with E-state index in [-0.39, 0.29) is 23.2 Å². The predicted octanol–water partition coefficient (Wildman–Crippen LogP) is 5.58. The van der Waals surface area contributed by atoms with Crippen LogP contribution in [0, 0.1) is 5.92 Å². The largest absolute Gasteiger partial charge is 0.324 e. The molecule has 1 aliphatic rings. The summed E-state index contributed by atoms with van der Waals surface area (Å²) in [5.41, 5.74) is 7.93. The molecule has 0 aromatic heterocycles. The molecule has 0 amide bonds. The van der Waals surface area contributed by atoms with E-state index in [9.17, 15) is 0 Å². The fraction of sp³-hybridized carbons (Fsp3) is 0.647. The maximum absolute atomic E-state index is 6.58. The normalized spacial score (nSPS) is 18.4. The van der Waals surface area contributed by atoms with E-state index in [4.69, 9.17) is 5.73 Å². The third-order valence-electron chi connectivity index (χ3n) is 3.85. The molecule has 2 rings (SSSR count). The highest BCUT2D eigenvalue weighted by Gasteiger charge is 2.25. The van der Waals surface area contributed by atoms with Crippen LogP contribution in [0.1, 0.15) is 64.5 Å². The van der Waals surface area contributed by atoms with E-state index in [1.165, 1.54) is 42.6 Å². The molecule has 2 N–H and O–H groups in total. The number of hydrogen-bond donors (Lipinski definition) is 1. The molecule has 20 heavy (non-hydrogen) atoms. The molecule has 1 nitrogen and oxygen atoms in total. The summed E-state index contributed by atoms with van der Waals surface area (Å²) < 4.78 is 0.238. The van der Waals surface area contributed by atoms with Gasteiger partial charge >= 0.3 is 0 Å². The van der Waals surface area contributed by atoms with Crippen molar-refractivity contribution in [2.75, 3.05) is 0 Å². The van der Waals surface area contributed by atoms with Crippen LogP contribution < -0.4 is 5.73 Å². The smallest absolute Gasteiger partial charge is 0.0334 e. The Morgan fingerprint density at radius 2 is 1.70 bits per heavy atom. The van der Waals surface area contributed by atoms with Crippen LogP contribution >= 0.6 is 24.2 Å². The Hall–Kier alpha value is -0.180. The van der Waals surface area contributed by atoms with Gasteiger partial charge in [-0.3, -0.25) is 0 Å². The molecule has 114 valence electrons. The number of rotatable bonds is 3. The summed E-state index contributed by atoms with van der Waals surface area (Å²) in [6.07, 6.45) is 6.70. The second-order valence-electron chi connectivity index (χ2n) is 6.68. The van der Waals surface area contributed by atoms with Crippen LogP contribution in [0.15, 0.2) is 29.2 Å². The van der Waals surface area contributed by atoms with Crippen LogP contribution in [0.25, 0.3) is 0 Å². The average Bonchev–Trinajstić information content (AvgIpc) is 2.38. The molecule has 0 aliphatic heterocycles. The van der Waals surface area contributed by atoms with Crippen molar-refractivity contribution >= 4 is 24.2 Å². The minimum atomic E-state index is 0. The molecule has 0 saturated heterocycles. The monoisotopic (exact) mass is 313 g/mol. The zero-order valence-corrected chi connectivity index (χ0v) is 14.5. The van der Waals surface area contributed by atoms with Gasteiger partial charge in [0.1, 0.15) is 0 Å². The lowest BCUT2D eigenvalue weighted by molar-refractivity contribution is 0.306. The molecule has 1 fully saturated rings. The molecule has 1 saturated carbocycles. The fourth-order valence-corrected chi connectivity index (χ4v) is 4.05. The van der Waals surface area contributed by atoms with Gasteiger partial charge in [0, 0.05) is 15.7 Å². The molecule has 3 heteroatoms. The van der Waals surface area contributed by atoms with E-state index in [2.05, 4.69) is 45.0 Å². The number of halogens is 1. The molecule has 1 aromatic carbocycles. The van der Waals surface area contributed by atoms with Crippen molar-refractivity contribution in [3.63, 3.8) is 0 Å². The van der Waals surface area contributed by atoms with Crippen molar-refractivity contribution in [2.45, 2.75) is 68.6 Å². The van der Waals surface area contributed by atoms with Crippen LogP contribution in [0.4, 0.5) is 0 Å². The van der Waals surface area contributed by atoms with E-state index in [1.807, 2.05) is 11.8 Å². The maximum Gasteiger partial charge on any atom is 0.0334 e.